The van der Waals surface area contributed by atoms with E-state index >= 15 is 0 Å². The van der Waals surface area contributed by atoms with E-state index in [0.717, 1.165) is 38.0 Å². The zero-order valence-corrected chi connectivity index (χ0v) is 14.9. The number of hydrogen-bond acceptors (Lipinski definition) is 4. The van der Waals surface area contributed by atoms with E-state index in [1.807, 2.05) is 39.1 Å². The number of hydrogen-bond donors (Lipinski definition) is 1. The van der Waals surface area contributed by atoms with Crippen LogP contribution < -0.4 is 5.32 Å². The maximum Gasteiger partial charge on any atom is 0.407 e. The van der Waals surface area contributed by atoms with Crippen molar-refractivity contribution in [1.29, 1.82) is 0 Å². The third-order valence-electron chi connectivity index (χ3n) is 3.73. The first-order valence-corrected chi connectivity index (χ1v) is 8.49. The Kier molecular flexibility index (Phi) is 6.25. The van der Waals surface area contributed by atoms with Crippen molar-refractivity contribution in [2.45, 2.75) is 45.8 Å². The summed E-state index contributed by atoms with van der Waals surface area (Å²) in [6, 6.07) is 3.83. The van der Waals surface area contributed by atoms with Gasteiger partial charge in [0.25, 0.3) is 0 Å². The van der Waals surface area contributed by atoms with Crippen LogP contribution in [-0.4, -0.2) is 41.2 Å². The Bertz CT molecular complexity index is 514. The van der Waals surface area contributed by atoms with Gasteiger partial charge in [-0.25, -0.2) is 9.78 Å². The van der Waals surface area contributed by atoms with Gasteiger partial charge in [-0.1, -0.05) is 17.7 Å². The molecule has 0 aromatic carbocycles. The Morgan fingerprint density at radius 2 is 2.26 bits per heavy atom. The van der Waals surface area contributed by atoms with Crippen molar-refractivity contribution in [3.63, 3.8) is 0 Å². The van der Waals surface area contributed by atoms with Crippen LogP contribution in [0.3, 0.4) is 0 Å². The van der Waals surface area contributed by atoms with E-state index in [2.05, 4.69) is 15.2 Å². The second kappa shape index (κ2) is 7.97. The number of halogens is 1. The molecule has 0 aliphatic carbocycles. The van der Waals surface area contributed by atoms with Gasteiger partial charge in [-0.15, -0.1) is 0 Å². The lowest BCUT2D eigenvalue weighted by Gasteiger charge is -2.33. The molecule has 1 N–H and O–H groups in total. The van der Waals surface area contributed by atoms with Crippen LogP contribution in [0, 0.1) is 5.92 Å². The Balaban J connectivity index is 1.77. The van der Waals surface area contributed by atoms with Crippen molar-refractivity contribution in [2.24, 2.45) is 5.92 Å². The van der Waals surface area contributed by atoms with Gasteiger partial charge in [0.05, 0.1) is 0 Å². The first-order valence-electron chi connectivity index (χ1n) is 8.11. The number of nitrogens with one attached hydrogen (secondary N) is 1. The fourth-order valence-electron chi connectivity index (χ4n) is 2.76. The van der Waals surface area contributed by atoms with Crippen LogP contribution in [-0.2, 0) is 11.3 Å². The summed E-state index contributed by atoms with van der Waals surface area (Å²) >= 11 is 5.82. The average Bonchev–Trinajstić information content (AvgIpc) is 2.46. The number of pyridine rings is 1. The quantitative estimate of drug-likeness (QED) is 0.853. The molecule has 1 unspecified atom stereocenters. The van der Waals surface area contributed by atoms with Crippen molar-refractivity contribution < 1.29 is 9.53 Å². The summed E-state index contributed by atoms with van der Waals surface area (Å²) in [4.78, 5) is 18.3. The van der Waals surface area contributed by atoms with Crippen LogP contribution in [0.5, 0.6) is 0 Å². The standard InChI is InChI=1S/C17H26ClN3O2/c1-17(2,3)23-16(22)20-10-13-5-4-8-21(11-13)12-14-6-7-15(18)19-9-14/h6-7,9,13H,4-5,8,10-12H2,1-3H3,(H,20,22). The van der Waals surface area contributed by atoms with Crippen LogP contribution in [0.4, 0.5) is 4.79 Å². The van der Waals surface area contributed by atoms with E-state index < -0.39 is 5.60 Å². The molecule has 2 rings (SSSR count). The van der Waals surface area contributed by atoms with Crippen molar-refractivity contribution in [3.8, 4) is 0 Å². The monoisotopic (exact) mass is 339 g/mol. The molecule has 0 bridgehead atoms. The molecule has 5 nitrogen and oxygen atoms in total. The first kappa shape index (κ1) is 18.0. The molecule has 1 atom stereocenters. The number of alkyl carbamates (subject to hydrolysis) is 1. The zero-order valence-electron chi connectivity index (χ0n) is 14.1. The minimum Gasteiger partial charge on any atom is -0.444 e. The number of carbonyl (C=O) groups is 1. The van der Waals surface area contributed by atoms with E-state index in [0.29, 0.717) is 17.6 Å². The molecule has 0 saturated carbocycles. The number of piperidine rings is 1. The van der Waals surface area contributed by atoms with Crippen molar-refractivity contribution in [2.75, 3.05) is 19.6 Å². The largest absolute Gasteiger partial charge is 0.444 e. The highest BCUT2D eigenvalue weighted by Gasteiger charge is 2.22. The first-order chi connectivity index (χ1) is 10.8. The Hall–Kier alpha value is -1.33. The van der Waals surface area contributed by atoms with Gasteiger partial charge in [-0.2, -0.15) is 0 Å². The summed E-state index contributed by atoms with van der Waals surface area (Å²) in [5.74, 6) is 0.455. The normalized spacial score (nSPS) is 19.4. The van der Waals surface area contributed by atoms with E-state index in [1.165, 1.54) is 0 Å². The summed E-state index contributed by atoms with van der Waals surface area (Å²) in [7, 11) is 0. The van der Waals surface area contributed by atoms with Crippen LogP contribution in [0.15, 0.2) is 18.3 Å². The van der Waals surface area contributed by atoms with Crippen LogP contribution in [0.25, 0.3) is 0 Å². The Labute approximate surface area is 143 Å². The lowest BCUT2D eigenvalue weighted by Crippen LogP contribution is -2.41. The van der Waals surface area contributed by atoms with E-state index in [9.17, 15) is 4.79 Å². The van der Waals surface area contributed by atoms with Gasteiger partial charge in [0.2, 0.25) is 0 Å². The highest BCUT2D eigenvalue weighted by Crippen LogP contribution is 2.18. The van der Waals surface area contributed by atoms with Gasteiger partial charge in [-0.05, 0) is 57.7 Å². The molecule has 6 heteroatoms. The summed E-state index contributed by atoms with van der Waals surface area (Å²) < 4.78 is 5.28. The summed E-state index contributed by atoms with van der Waals surface area (Å²) in [6.45, 7) is 9.18. The molecule has 1 aromatic heterocycles. The zero-order chi connectivity index (χ0) is 16.9. The summed E-state index contributed by atoms with van der Waals surface area (Å²) in [5.41, 5.74) is 0.708. The summed E-state index contributed by atoms with van der Waals surface area (Å²) in [5, 5.41) is 3.40. The molecule has 0 spiro atoms. The second-order valence-corrected chi connectivity index (χ2v) is 7.50. The number of aromatic nitrogens is 1. The van der Waals surface area contributed by atoms with Gasteiger partial charge >= 0.3 is 6.09 Å². The molecule has 0 radical (unpaired) electrons. The van der Waals surface area contributed by atoms with Crippen molar-refractivity contribution in [1.82, 2.24) is 15.2 Å². The SMILES string of the molecule is CC(C)(C)OC(=O)NCC1CCCN(Cc2ccc(Cl)nc2)C1. The Morgan fingerprint density at radius 1 is 1.48 bits per heavy atom. The molecule has 128 valence electrons. The number of rotatable bonds is 4. The molecule has 23 heavy (non-hydrogen) atoms. The molecule has 1 amide bonds. The molecule has 1 aliphatic heterocycles. The number of nitrogens with zero attached hydrogens (tertiary/aromatic N) is 2. The van der Waals surface area contributed by atoms with Gasteiger partial charge in [0, 0.05) is 25.8 Å². The molecule has 1 aliphatic rings. The molecule has 2 heterocycles. The topological polar surface area (TPSA) is 54.5 Å². The van der Waals surface area contributed by atoms with E-state index in [4.69, 9.17) is 16.3 Å². The maximum absolute atomic E-state index is 11.7. The second-order valence-electron chi connectivity index (χ2n) is 7.12. The number of likely N-dealkylation sites (tertiary alicyclic amines) is 1. The fourth-order valence-corrected chi connectivity index (χ4v) is 2.87. The third kappa shape index (κ3) is 6.75. The van der Waals surface area contributed by atoms with Gasteiger partial charge in [0.15, 0.2) is 0 Å². The molecule has 1 aromatic rings. The van der Waals surface area contributed by atoms with Crippen LogP contribution in [0.2, 0.25) is 5.15 Å². The van der Waals surface area contributed by atoms with E-state index in [1.54, 1.807) is 0 Å². The minimum atomic E-state index is -0.454. The lowest BCUT2D eigenvalue weighted by atomic mass is 9.97. The van der Waals surface area contributed by atoms with Crippen LogP contribution >= 0.6 is 11.6 Å². The third-order valence-corrected chi connectivity index (χ3v) is 3.96. The number of amides is 1. The summed E-state index contributed by atoms with van der Waals surface area (Å²) in [6.07, 6.45) is 3.76. The molecule has 1 fully saturated rings. The number of ether oxygens (including phenoxy) is 1. The predicted octanol–water partition coefficient (Wildman–Crippen LogP) is 3.47. The van der Waals surface area contributed by atoms with Gasteiger partial charge in [0.1, 0.15) is 10.8 Å². The van der Waals surface area contributed by atoms with Crippen molar-refractivity contribution >= 4 is 17.7 Å². The maximum atomic E-state index is 11.7. The van der Waals surface area contributed by atoms with Gasteiger partial charge in [-0.3, -0.25) is 4.90 Å². The molecular formula is C17H26ClN3O2. The Morgan fingerprint density at radius 3 is 2.91 bits per heavy atom. The van der Waals surface area contributed by atoms with E-state index in [-0.39, 0.29) is 6.09 Å². The lowest BCUT2D eigenvalue weighted by molar-refractivity contribution is 0.0506. The highest BCUT2D eigenvalue weighted by atomic mass is 35.5. The molecule has 1 saturated heterocycles. The minimum absolute atomic E-state index is 0.337. The predicted molar refractivity (Wildman–Crippen MR) is 91.5 cm³/mol. The smallest absolute Gasteiger partial charge is 0.407 e. The fraction of sp³-hybridized carbons (Fsp3) is 0.647. The van der Waals surface area contributed by atoms with Gasteiger partial charge < -0.3 is 10.1 Å². The van der Waals surface area contributed by atoms with Crippen LogP contribution in [0.1, 0.15) is 39.2 Å². The average molecular weight is 340 g/mol. The van der Waals surface area contributed by atoms with Crippen molar-refractivity contribution in [3.05, 3.63) is 29.0 Å². The molecular weight excluding hydrogens is 314 g/mol. The number of carbonyl (C=O) groups excluding carboxylic acids is 1. The highest BCUT2D eigenvalue weighted by molar-refractivity contribution is 6.29.